The van der Waals surface area contributed by atoms with E-state index < -0.39 is 31.3 Å². The molecule has 6 heteroatoms. The van der Waals surface area contributed by atoms with Gasteiger partial charge in [0.2, 0.25) is 0 Å². The third kappa shape index (κ3) is 3.27. The first-order chi connectivity index (χ1) is 13.2. The van der Waals surface area contributed by atoms with Gasteiger partial charge in [-0.05, 0) is 40.8 Å². The third-order valence-electron chi connectivity index (χ3n) is 5.43. The van der Waals surface area contributed by atoms with Crippen LogP contribution < -0.4 is 0 Å². The number of aliphatic hydroxyl groups excluding tert-OH is 1. The van der Waals surface area contributed by atoms with Gasteiger partial charge < -0.3 is 14.6 Å². The summed E-state index contributed by atoms with van der Waals surface area (Å²) >= 11 is 0. The van der Waals surface area contributed by atoms with Crippen LogP contribution in [-0.4, -0.2) is 35.4 Å². The molecule has 2 heterocycles. The van der Waals surface area contributed by atoms with E-state index in [0.29, 0.717) is 30.8 Å². The normalized spacial score (nSPS) is 27.8. The second-order valence-corrected chi connectivity index (χ2v) is 7.19. The SMILES string of the molecule is OCC[C@]12CO[C@H](c3cccc(CF)c3)N1[C@H](c1cccc(CF)c1)OC2. The molecule has 3 atom stereocenters. The summed E-state index contributed by atoms with van der Waals surface area (Å²) < 4.78 is 38.5. The molecule has 2 aliphatic heterocycles. The molecule has 0 aromatic heterocycles. The zero-order valence-electron chi connectivity index (χ0n) is 15.0. The molecule has 4 rings (SSSR count). The van der Waals surface area contributed by atoms with Crippen LogP contribution in [0.3, 0.4) is 0 Å². The van der Waals surface area contributed by atoms with Crippen LogP contribution in [-0.2, 0) is 22.8 Å². The van der Waals surface area contributed by atoms with Crippen molar-refractivity contribution in [3.63, 3.8) is 0 Å². The zero-order valence-corrected chi connectivity index (χ0v) is 15.0. The first-order valence-corrected chi connectivity index (χ1v) is 9.13. The van der Waals surface area contributed by atoms with Gasteiger partial charge in [-0.1, -0.05) is 36.4 Å². The first kappa shape index (κ1) is 18.5. The van der Waals surface area contributed by atoms with Crippen LogP contribution in [0.4, 0.5) is 8.78 Å². The summed E-state index contributed by atoms with van der Waals surface area (Å²) in [6, 6.07) is 14.5. The fourth-order valence-corrected chi connectivity index (χ4v) is 4.09. The quantitative estimate of drug-likeness (QED) is 0.834. The number of benzene rings is 2. The number of fused-ring (bicyclic) bond motifs is 1. The van der Waals surface area contributed by atoms with Crippen molar-refractivity contribution >= 4 is 0 Å². The van der Waals surface area contributed by atoms with Gasteiger partial charge in [-0.2, -0.15) is 0 Å². The van der Waals surface area contributed by atoms with E-state index in [1.807, 2.05) is 24.3 Å². The summed E-state index contributed by atoms with van der Waals surface area (Å²) in [5.74, 6) is 0. The largest absolute Gasteiger partial charge is 0.396 e. The molecule has 0 amide bonds. The monoisotopic (exact) mass is 375 g/mol. The molecule has 0 spiro atoms. The van der Waals surface area contributed by atoms with E-state index >= 15 is 0 Å². The Morgan fingerprint density at radius 1 is 0.926 bits per heavy atom. The molecule has 2 aromatic rings. The predicted octanol–water partition coefficient (Wildman–Crippen LogP) is 3.81. The van der Waals surface area contributed by atoms with Gasteiger partial charge in [-0.15, -0.1) is 0 Å². The van der Waals surface area contributed by atoms with E-state index in [4.69, 9.17) is 9.47 Å². The van der Waals surface area contributed by atoms with Crippen molar-refractivity contribution < 1.29 is 23.4 Å². The molecule has 0 aliphatic carbocycles. The Morgan fingerprint density at radius 3 is 1.89 bits per heavy atom. The highest BCUT2D eigenvalue weighted by Gasteiger charge is 2.56. The van der Waals surface area contributed by atoms with Gasteiger partial charge in [0.15, 0.2) is 0 Å². The lowest BCUT2D eigenvalue weighted by Crippen LogP contribution is -2.45. The Bertz CT molecular complexity index is 741. The van der Waals surface area contributed by atoms with Crippen LogP contribution >= 0.6 is 0 Å². The summed E-state index contributed by atoms with van der Waals surface area (Å²) in [7, 11) is 0. The molecule has 0 bridgehead atoms. The summed E-state index contributed by atoms with van der Waals surface area (Å²) in [6.07, 6.45) is -0.319. The average Bonchev–Trinajstić information content (AvgIpc) is 3.25. The Kier molecular flexibility index (Phi) is 5.23. The fraction of sp³-hybridized carbons (Fsp3) is 0.429. The first-order valence-electron chi connectivity index (χ1n) is 9.13. The van der Waals surface area contributed by atoms with E-state index in [0.717, 1.165) is 11.1 Å². The van der Waals surface area contributed by atoms with Crippen molar-refractivity contribution in [1.82, 2.24) is 4.90 Å². The highest BCUT2D eigenvalue weighted by atomic mass is 19.1. The Balaban J connectivity index is 1.73. The number of rotatable bonds is 6. The maximum absolute atomic E-state index is 13.1. The molecule has 2 aromatic carbocycles. The molecule has 2 saturated heterocycles. The number of hydrogen-bond donors (Lipinski definition) is 1. The van der Waals surface area contributed by atoms with Crippen molar-refractivity contribution in [2.24, 2.45) is 0 Å². The summed E-state index contributed by atoms with van der Waals surface area (Å²) in [5, 5.41) is 9.61. The van der Waals surface area contributed by atoms with Gasteiger partial charge in [-0.3, -0.25) is 0 Å². The molecule has 2 fully saturated rings. The molecular formula is C21H23F2NO3. The highest BCUT2D eigenvalue weighted by Crippen LogP contribution is 2.50. The minimum atomic E-state index is -0.541. The second kappa shape index (κ2) is 7.64. The number of aliphatic hydroxyl groups is 1. The van der Waals surface area contributed by atoms with Crippen molar-refractivity contribution in [2.45, 2.75) is 37.8 Å². The molecule has 144 valence electrons. The lowest BCUT2D eigenvalue weighted by atomic mass is 9.95. The van der Waals surface area contributed by atoms with Gasteiger partial charge in [0.25, 0.3) is 0 Å². The molecule has 27 heavy (non-hydrogen) atoms. The van der Waals surface area contributed by atoms with Crippen molar-refractivity contribution in [2.75, 3.05) is 19.8 Å². The molecule has 0 radical (unpaired) electrons. The van der Waals surface area contributed by atoms with Gasteiger partial charge in [-0.25, -0.2) is 13.7 Å². The number of nitrogens with zero attached hydrogens (tertiary/aromatic N) is 1. The maximum Gasteiger partial charge on any atom is 0.139 e. The van der Waals surface area contributed by atoms with Crippen LogP contribution in [0.5, 0.6) is 0 Å². The fourth-order valence-electron chi connectivity index (χ4n) is 4.09. The van der Waals surface area contributed by atoms with Gasteiger partial charge in [0.05, 0.1) is 18.8 Å². The lowest BCUT2D eigenvalue weighted by molar-refractivity contribution is -0.0624. The van der Waals surface area contributed by atoms with Crippen molar-refractivity contribution in [3.8, 4) is 0 Å². The summed E-state index contributed by atoms with van der Waals surface area (Å²) in [6.45, 7) is -0.242. The van der Waals surface area contributed by atoms with Crippen LogP contribution in [0.2, 0.25) is 0 Å². The molecule has 1 N–H and O–H groups in total. The number of halogens is 2. The van der Waals surface area contributed by atoms with E-state index in [1.165, 1.54) is 0 Å². The van der Waals surface area contributed by atoms with E-state index in [1.54, 1.807) is 24.3 Å². The number of ether oxygens (including phenoxy) is 2. The molecule has 4 nitrogen and oxygen atoms in total. The zero-order chi connectivity index (χ0) is 18.9. The molecule has 2 aliphatic rings. The minimum Gasteiger partial charge on any atom is -0.396 e. The Hall–Kier alpha value is -1.86. The molecule has 0 saturated carbocycles. The third-order valence-corrected chi connectivity index (χ3v) is 5.43. The van der Waals surface area contributed by atoms with Crippen LogP contribution in [0.15, 0.2) is 48.5 Å². The van der Waals surface area contributed by atoms with Crippen LogP contribution in [0, 0.1) is 0 Å². The van der Waals surface area contributed by atoms with Crippen molar-refractivity contribution in [3.05, 3.63) is 70.8 Å². The smallest absolute Gasteiger partial charge is 0.139 e. The minimum absolute atomic E-state index is 0.0116. The van der Waals surface area contributed by atoms with E-state index in [-0.39, 0.29) is 6.61 Å². The Labute approximate surface area is 157 Å². The van der Waals surface area contributed by atoms with Gasteiger partial charge >= 0.3 is 0 Å². The lowest BCUT2D eigenvalue weighted by Gasteiger charge is -2.34. The predicted molar refractivity (Wildman–Crippen MR) is 96.2 cm³/mol. The summed E-state index contributed by atoms with van der Waals surface area (Å²) in [5.41, 5.74) is 2.42. The Morgan fingerprint density at radius 2 is 1.44 bits per heavy atom. The number of hydrogen-bond acceptors (Lipinski definition) is 4. The average molecular weight is 375 g/mol. The number of alkyl halides is 2. The van der Waals surface area contributed by atoms with Crippen molar-refractivity contribution in [1.29, 1.82) is 0 Å². The second-order valence-electron chi connectivity index (χ2n) is 7.19. The maximum atomic E-state index is 13.1. The molecule has 0 unspecified atom stereocenters. The van der Waals surface area contributed by atoms with E-state index in [2.05, 4.69) is 4.90 Å². The molecular weight excluding hydrogens is 352 g/mol. The summed E-state index contributed by atoms with van der Waals surface area (Å²) in [4.78, 5) is 2.11. The van der Waals surface area contributed by atoms with E-state index in [9.17, 15) is 13.9 Å². The van der Waals surface area contributed by atoms with Crippen LogP contribution in [0.25, 0.3) is 0 Å². The standard InChI is InChI=1S/C21H23F2NO3/c22-11-15-3-1-5-17(9-15)19-24-20(18-6-2-4-16(10-18)12-23)27-14-21(24,7-8-25)13-26-19/h1-6,9-10,19-20,25H,7-8,11-14H2/t19-,20+,21-. The topological polar surface area (TPSA) is 41.9 Å². The van der Waals surface area contributed by atoms with Crippen LogP contribution in [0.1, 0.15) is 41.1 Å². The van der Waals surface area contributed by atoms with Gasteiger partial charge in [0.1, 0.15) is 25.8 Å². The van der Waals surface area contributed by atoms with Gasteiger partial charge in [0, 0.05) is 6.61 Å². The highest BCUT2D eigenvalue weighted by molar-refractivity contribution is 5.30.